The van der Waals surface area contributed by atoms with Crippen LogP contribution in [0, 0.1) is 0 Å². The summed E-state index contributed by atoms with van der Waals surface area (Å²) in [4.78, 5) is 17.8. The number of hydrogen-bond donors (Lipinski definition) is 1. The third-order valence-electron chi connectivity index (χ3n) is 5.76. The Morgan fingerprint density at radius 3 is 2.85 bits per heavy atom. The maximum Gasteiger partial charge on any atom is 0.147 e. The second kappa shape index (κ2) is 6.87. The number of pyridine rings is 1. The molecule has 27 heavy (non-hydrogen) atoms. The summed E-state index contributed by atoms with van der Waals surface area (Å²) in [7, 11) is 0. The molecule has 0 amide bonds. The van der Waals surface area contributed by atoms with Gasteiger partial charge in [0, 0.05) is 24.5 Å². The zero-order chi connectivity index (χ0) is 18.4. The van der Waals surface area contributed by atoms with Gasteiger partial charge in [0.2, 0.25) is 0 Å². The molecule has 1 saturated heterocycles. The van der Waals surface area contributed by atoms with Crippen LogP contribution in [0.25, 0.3) is 20.4 Å². The van der Waals surface area contributed by atoms with Gasteiger partial charge in [-0.2, -0.15) is 0 Å². The second-order valence-electron chi connectivity index (χ2n) is 7.48. The highest BCUT2D eigenvalue weighted by atomic mass is 32.1. The Morgan fingerprint density at radius 1 is 1.22 bits per heavy atom. The number of hydrogen-bond acceptors (Lipinski definition) is 7. The number of thiophene rings is 1. The van der Waals surface area contributed by atoms with Crippen LogP contribution in [0.1, 0.15) is 37.8 Å². The van der Waals surface area contributed by atoms with E-state index in [2.05, 4.69) is 34.0 Å². The quantitative estimate of drug-likeness (QED) is 0.740. The van der Waals surface area contributed by atoms with Crippen LogP contribution < -0.4 is 10.2 Å². The van der Waals surface area contributed by atoms with Gasteiger partial charge in [-0.25, -0.2) is 15.0 Å². The van der Waals surface area contributed by atoms with E-state index >= 15 is 0 Å². The molecule has 3 aromatic rings. The van der Waals surface area contributed by atoms with Crippen molar-refractivity contribution < 1.29 is 4.74 Å². The molecule has 1 fully saturated rings. The van der Waals surface area contributed by atoms with Crippen LogP contribution in [-0.2, 0) is 17.6 Å². The second-order valence-corrected chi connectivity index (χ2v) is 8.48. The zero-order valence-corrected chi connectivity index (χ0v) is 16.7. The fourth-order valence-corrected chi connectivity index (χ4v) is 5.26. The molecule has 1 aliphatic heterocycles. The van der Waals surface area contributed by atoms with E-state index in [1.54, 1.807) is 17.7 Å². The third kappa shape index (κ3) is 2.84. The Bertz CT molecular complexity index is 995. The number of fused-ring (bicyclic) bond motifs is 5. The summed E-state index contributed by atoms with van der Waals surface area (Å²) in [5, 5.41) is 4.80. The molecule has 4 heterocycles. The molecule has 0 spiro atoms. The smallest absolute Gasteiger partial charge is 0.147 e. The van der Waals surface area contributed by atoms with Crippen LogP contribution >= 0.6 is 11.3 Å². The summed E-state index contributed by atoms with van der Waals surface area (Å²) in [6, 6.07) is 0.385. The first-order valence-electron chi connectivity index (χ1n) is 9.94. The molecule has 1 aliphatic carbocycles. The van der Waals surface area contributed by atoms with Crippen LogP contribution in [0.2, 0.25) is 0 Å². The molecular formula is C20H25N5OS. The largest absolute Gasteiger partial charge is 0.378 e. The predicted molar refractivity (Wildman–Crippen MR) is 111 cm³/mol. The molecule has 1 atom stereocenters. The molecule has 3 aromatic heterocycles. The van der Waals surface area contributed by atoms with Crippen LogP contribution in [0.4, 0.5) is 11.6 Å². The van der Waals surface area contributed by atoms with Crippen molar-refractivity contribution in [3.63, 3.8) is 0 Å². The van der Waals surface area contributed by atoms with Gasteiger partial charge in [-0.3, -0.25) is 0 Å². The first kappa shape index (κ1) is 17.1. The van der Waals surface area contributed by atoms with Crippen LogP contribution in [0.3, 0.4) is 0 Å². The first-order valence-corrected chi connectivity index (χ1v) is 10.8. The molecule has 1 unspecified atom stereocenters. The van der Waals surface area contributed by atoms with Crippen molar-refractivity contribution in [2.24, 2.45) is 0 Å². The van der Waals surface area contributed by atoms with Gasteiger partial charge in [0.25, 0.3) is 0 Å². The van der Waals surface area contributed by atoms with Crippen molar-refractivity contribution in [2.45, 2.75) is 45.6 Å². The van der Waals surface area contributed by atoms with Gasteiger partial charge >= 0.3 is 0 Å². The van der Waals surface area contributed by atoms with Crippen molar-refractivity contribution >= 4 is 43.4 Å². The molecule has 5 rings (SSSR count). The lowest BCUT2D eigenvalue weighted by Gasteiger charge is -2.29. The van der Waals surface area contributed by atoms with Crippen molar-refractivity contribution in [2.75, 3.05) is 36.5 Å². The molecule has 0 radical (unpaired) electrons. The lowest BCUT2D eigenvalue weighted by Crippen LogP contribution is -2.37. The molecule has 7 heteroatoms. The highest BCUT2D eigenvalue weighted by Gasteiger charge is 2.27. The Balaban J connectivity index is 1.71. The number of aryl methyl sites for hydroxylation is 1. The van der Waals surface area contributed by atoms with Gasteiger partial charge in [0.05, 0.1) is 23.4 Å². The van der Waals surface area contributed by atoms with Crippen LogP contribution in [0.5, 0.6) is 0 Å². The zero-order valence-electron chi connectivity index (χ0n) is 15.9. The van der Waals surface area contributed by atoms with Crippen molar-refractivity contribution in [3.8, 4) is 0 Å². The summed E-state index contributed by atoms with van der Waals surface area (Å²) in [6.45, 7) is 7.80. The van der Waals surface area contributed by atoms with E-state index < -0.39 is 0 Å². The van der Waals surface area contributed by atoms with E-state index in [4.69, 9.17) is 9.72 Å². The number of ether oxygens (including phenoxy) is 1. The van der Waals surface area contributed by atoms with E-state index in [0.29, 0.717) is 6.04 Å². The minimum Gasteiger partial charge on any atom is -0.378 e. The van der Waals surface area contributed by atoms with Gasteiger partial charge in [0.15, 0.2) is 0 Å². The Morgan fingerprint density at radius 2 is 2.04 bits per heavy atom. The maximum absolute atomic E-state index is 5.55. The van der Waals surface area contributed by atoms with E-state index in [1.165, 1.54) is 28.8 Å². The minimum absolute atomic E-state index is 0.385. The SMILES string of the molecule is CCC(C)Nc1ncnc2c1sc1nc(N3CCOCC3)c3c(c12)CCC3. The highest BCUT2D eigenvalue weighted by Crippen LogP contribution is 2.43. The minimum atomic E-state index is 0.385. The maximum atomic E-state index is 5.55. The number of rotatable bonds is 4. The number of morpholine rings is 1. The van der Waals surface area contributed by atoms with Crippen molar-refractivity contribution in [1.82, 2.24) is 15.0 Å². The Hall–Kier alpha value is -1.99. The monoisotopic (exact) mass is 383 g/mol. The molecule has 142 valence electrons. The number of nitrogens with zero attached hydrogens (tertiary/aromatic N) is 4. The van der Waals surface area contributed by atoms with Gasteiger partial charge in [-0.05, 0) is 43.7 Å². The topological polar surface area (TPSA) is 63.2 Å². The summed E-state index contributed by atoms with van der Waals surface area (Å²) < 4.78 is 6.68. The molecule has 0 bridgehead atoms. The summed E-state index contributed by atoms with van der Waals surface area (Å²) >= 11 is 1.73. The Kier molecular flexibility index (Phi) is 4.36. The predicted octanol–water partition coefficient (Wildman–Crippen LogP) is 3.78. The van der Waals surface area contributed by atoms with Gasteiger partial charge in [-0.1, -0.05) is 6.92 Å². The average Bonchev–Trinajstić information content (AvgIpc) is 3.32. The lowest BCUT2D eigenvalue weighted by atomic mass is 10.1. The van der Waals surface area contributed by atoms with E-state index in [9.17, 15) is 0 Å². The highest BCUT2D eigenvalue weighted by molar-refractivity contribution is 7.26. The standard InChI is InChI=1S/C20H25N5OS/c1-3-12(2)23-18-17-16(21-11-22-18)15-13-5-4-6-14(13)19(24-20(15)27-17)25-7-9-26-10-8-25/h11-12H,3-10H2,1-2H3,(H,21,22,23). The van der Waals surface area contributed by atoms with Crippen LogP contribution in [0.15, 0.2) is 6.33 Å². The average molecular weight is 384 g/mol. The summed E-state index contributed by atoms with van der Waals surface area (Å²) in [6.07, 6.45) is 6.19. The molecular weight excluding hydrogens is 358 g/mol. The number of nitrogens with one attached hydrogen (secondary N) is 1. The number of anilines is 2. The van der Waals surface area contributed by atoms with E-state index in [1.807, 2.05) is 0 Å². The van der Waals surface area contributed by atoms with Gasteiger partial charge < -0.3 is 15.0 Å². The molecule has 2 aliphatic rings. The third-order valence-corrected chi connectivity index (χ3v) is 6.84. The van der Waals surface area contributed by atoms with Gasteiger partial charge in [-0.15, -0.1) is 11.3 Å². The molecule has 0 saturated carbocycles. The Labute approximate surface area is 163 Å². The van der Waals surface area contributed by atoms with Crippen molar-refractivity contribution in [3.05, 3.63) is 17.5 Å². The van der Waals surface area contributed by atoms with Crippen LogP contribution in [-0.4, -0.2) is 47.3 Å². The van der Waals surface area contributed by atoms with E-state index in [-0.39, 0.29) is 0 Å². The van der Waals surface area contributed by atoms with Gasteiger partial charge in [0.1, 0.15) is 22.8 Å². The van der Waals surface area contributed by atoms with E-state index in [0.717, 1.165) is 66.4 Å². The fraction of sp³-hybridized carbons (Fsp3) is 0.550. The molecule has 0 aromatic carbocycles. The summed E-state index contributed by atoms with van der Waals surface area (Å²) in [5.74, 6) is 2.12. The first-order chi connectivity index (χ1) is 13.3. The lowest BCUT2D eigenvalue weighted by molar-refractivity contribution is 0.122. The normalized spacial score (nSPS) is 18.2. The molecule has 6 nitrogen and oxygen atoms in total. The van der Waals surface area contributed by atoms with Crippen molar-refractivity contribution in [1.29, 1.82) is 0 Å². The number of aromatic nitrogens is 3. The summed E-state index contributed by atoms with van der Waals surface area (Å²) in [5.41, 5.74) is 3.95. The fourth-order valence-electron chi connectivity index (χ4n) is 4.15. The molecule has 1 N–H and O–H groups in total.